The first-order valence-electron chi connectivity index (χ1n) is 5.45. The number of aromatic hydroxyl groups is 1. The van der Waals surface area contributed by atoms with Crippen LogP contribution in [0.25, 0.3) is 16.7 Å². The van der Waals surface area contributed by atoms with Gasteiger partial charge in [-0.25, -0.2) is 4.79 Å². The summed E-state index contributed by atoms with van der Waals surface area (Å²) < 4.78 is 1.48. The van der Waals surface area contributed by atoms with Crippen LogP contribution in [-0.4, -0.2) is 14.7 Å². The molecule has 0 saturated heterocycles. The lowest BCUT2D eigenvalue weighted by atomic mass is 10.2. The minimum atomic E-state index is -0.263. The molecule has 5 heteroatoms. The van der Waals surface area contributed by atoms with Crippen LogP contribution in [0, 0.1) is 0 Å². The number of nitrogens with one attached hydrogen (secondary N) is 1. The maximum atomic E-state index is 11.9. The maximum Gasteiger partial charge on any atom is 0.331 e. The molecule has 3 rings (SSSR count). The second-order valence-electron chi connectivity index (χ2n) is 4.06. The van der Waals surface area contributed by atoms with E-state index >= 15 is 0 Å². The van der Waals surface area contributed by atoms with Crippen LogP contribution in [-0.2, 0) is 0 Å². The number of benzene rings is 2. The topological polar surface area (TPSA) is 84.0 Å². The molecule has 1 aromatic heterocycles. The molecular weight excluding hydrogens is 230 g/mol. The highest BCUT2D eigenvalue weighted by atomic mass is 16.3. The van der Waals surface area contributed by atoms with Crippen molar-refractivity contribution in [2.75, 3.05) is 5.73 Å². The molecule has 0 aliphatic heterocycles. The number of fused-ring (bicyclic) bond motifs is 1. The van der Waals surface area contributed by atoms with Crippen molar-refractivity contribution in [1.29, 1.82) is 0 Å². The highest BCUT2D eigenvalue weighted by molar-refractivity contribution is 5.80. The molecule has 2 aromatic carbocycles. The largest absolute Gasteiger partial charge is 0.508 e. The lowest BCUT2D eigenvalue weighted by Crippen LogP contribution is -2.14. The molecule has 4 N–H and O–H groups in total. The van der Waals surface area contributed by atoms with Crippen LogP contribution < -0.4 is 11.4 Å². The Balaban J connectivity index is 2.38. The fourth-order valence-electron chi connectivity index (χ4n) is 2.01. The standard InChI is InChI=1S/C13H11N3O2/c14-8-4-5-11-12(6-8)16(13(18)15-11)9-2-1-3-10(17)7-9/h1-7,17H,14H2,(H,15,18). The summed E-state index contributed by atoms with van der Waals surface area (Å²) >= 11 is 0. The zero-order valence-corrected chi connectivity index (χ0v) is 9.42. The first kappa shape index (κ1) is 10.5. The third-order valence-corrected chi connectivity index (χ3v) is 2.80. The minimum absolute atomic E-state index is 0.109. The lowest BCUT2D eigenvalue weighted by molar-refractivity contribution is 0.475. The van der Waals surface area contributed by atoms with E-state index in [2.05, 4.69) is 4.98 Å². The van der Waals surface area contributed by atoms with Gasteiger partial charge in [-0.3, -0.25) is 4.57 Å². The minimum Gasteiger partial charge on any atom is -0.508 e. The number of nitrogens with zero attached hydrogens (tertiary/aromatic N) is 1. The average Bonchev–Trinajstić information content (AvgIpc) is 2.64. The molecule has 0 bridgehead atoms. The summed E-state index contributed by atoms with van der Waals surface area (Å²) in [6, 6.07) is 11.7. The third-order valence-electron chi connectivity index (χ3n) is 2.80. The number of anilines is 1. The van der Waals surface area contributed by atoms with Crippen LogP contribution in [0.15, 0.2) is 47.3 Å². The van der Waals surface area contributed by atoms with Gasteiger partial charge in [-0.15, -0.1) is 0 Å². The number of nitrogen functional groups attached to an aromatic ring is 1. The molecule has 3 aromatic rings. The average molecular weight is 241 g/mol. The van der Waals surface area contributed by atoms with E-state index in [0.717, 1.165) is 0 Å². The van der Waals surface area contributed by atoms with E-state index < -0.39 is 0 Å². The number of hydrogen-bond donors (Lipinski definition) is 3. The van der Waals surface area contributed by atoms with Gasteiger partial charge < -0.3 is 15.8 Å². The third kappa shape index (κ3) is 1.53. The van der Waals surface area contributed by atoms with Gasteiger partial charge in [-0.2, -0.15) is 0 Å². The fraction of sp³-hybridized carbons (Fsp3) is 0. The van der Waals surface area contributed by atoms with Gasteiger partial charge in [0, 0.05) is 11.8 Å². The Morgan fingerprint density at radius 3 is 2.78 bits per heavy atom. The van der Waals surface area contributed by atoms with E-state index in [1.54, 1.807) is 36.4 Å². The van der Waals surface area contributed by atoms with E-state index in [9.17, 15) is 9.90 Å². The summed E-state index contributed by atoms with van der Waals surface area (Å²) in [6.45, 7) is 0. The summed E-state index contributed by atoms with van der Waals surface area (Å²) in [5, 5.41) is 9.48. The number of nitrogens with two attached hydrogens (primary N) is 1. The van der Waals surface area contributed by atoms with Crippen molar-refractivity contribution in [3.8, 4) is 11.4 Å². The van der Waals surface area contributed by atoms with Gasteiger partial charge in [-0.1, -0.05) is 6.07 Å². The van der Waals surface area contributed by atoms with E-state index in [0.29, 0.717) is 22.4 Å². The molecule has 5 nitrogen and oxygen atoms in total. The SMILES string of the molecule is Nc1ccc2[nH]c(=O)n(-c3cccc(O)c3)c2c1. The predicted octanol–water partition coefficient (Wildman–Crippen LogP) is 1.61. The molecule has 90 valence electrons. The molecule has 0 amide bonds. The number of aromatic amines is 1. The molecule has 0 aliphatic rings. The lowest BCUT2D eigenvalue weighted by Gasteiger charge is -2.04. The van der Waals surface area contributed by atoms with Crippen LogP contribution in [0.2, 0.25) is 0 Å². The van der Waals surface area contributed by atoms with Crippen LogP contribution in [0.5, 0.6) is 5.75 Å². The van der Waals surface area contributed by atoms with Gasteiger partial charge >= 0.3 is 5.69 Å². The molecule has 0 aliphatic carbocycles. The first-order chi connectivity index (χ1) is 8.65. The molecule has 0 atom stereocenters. The highest BCUT2D eigenvalue weighted by Gasteiger charge is 2.09. The van der Waals surface area contributed by atoms with E-state index in [4.69, 9.17) is 5.73 Å². The van der Waals surface area contributed by atoms with Gasteiger partial charge in [0.15, 0.2) is 0 Å². The van der Waals surface area contributed by atoms with Gasteiger partial charge in [0.2, 0.25) is 0 Å². The van der Waals surface area contributed by atoms with Crippen LogP contribution >= 0.6 is 0 Å². The summed E-state index contributed by atoms with van der Waals surface area (Å²) in [4.78, 5) is 14.7. The Morgan fingerprint density at radius 2 is 2.00 bits per heavy atom. The van der Waals surface area contributed by atoms with Crippen molar-refractivity contribution in [1.82, 2.24) is 9.55 Å². The van der Waals surface area contributed by atoms with Crippen LogP contribution in [0.1, 0.15) is 0 Å². The number of aromatic nitrogens is 2. The molecule has 0 saturated carbocycles. The molecule has 0 radical (unpaired) electrons. The normalized spacial score (nSPS) is 10.9. The van der Waals surface area contributed by atoms with Crippen molar-refractivity contribution in [2.24, 2.45) is 0 Å². The number of phenolic OH excluding ortho intramolecular Hbond substituents is 1. The molecule has 0 unspecified atom stereocenters. The molecule has 1 heterocycles. The smallest absolute Gasteiger partial charge is 0.331 e. The van der Waals surface area contributed by atoms with Crippen molar-refractivity contribution >= 4 is 16.7 Å². The highest BCUT2D eigenvalue weighted by Crippen LogP contribution is 2.20. The number of imidazole rings is 1. The fourth-order valence-corrected chi connectivity index (χ4v) is 2.01. The van der Waals surface area contributed by atoms with Gasteiger partial charge in [0.05, 0.1) is 16.7 Å². The summed E-state index contributed by atoms with van der Waals surface area (Å²) in [6.07, 6.45) is 0. The predicted molar refractivity (Wildman–Crippen MR) is 70.0 cm³/mol. The van der Waals surface area contributed by atoms with E-state index in [1.807, 2.05) is 0 Å². The van der Waals surface area contributed by atoms with E-state index in [1.165, 1.54) is 10.6 Å². The summed E-state index contributed by atoms with van der Waals surface area (Å²) in [7, 11) is 0. The molecule has 0 fully saturated rings. The van der Waals surface area contributed by atoms with Crippen molar-refractivity contribution in [3.05, 3.63) is 52.9 Å². The Bertz CT molecular complexity index is 786. The number of hydrogen-bond acceptors (Lipinski definition) is 3. The Kier molecular flexibility index (Phi) is 2.13. The second-order valence-corrected chi connectivity index (χ2v) is 4.06. The van der Waals surface area contributed by atoms with Gasteiger partial charge in [0.25, 0.3) is 0 Å². The number of rotatable bonds is 1. The first-order valence-corrected chi connectivity index (χ1v) is 5.45. The number of H-pyrrole nitrogens is 1. The number of phenols is 1. The quantitative estimate of drug-likeness (QED) is 0.566. The van der Waals surface area contributed by atoms with Crippen LogP contribution in [0.4, 0.5) is 5.69 Å². The van der Waals surface area contributed by atoms with Gasteiger partial charge in [0.1, 0.15) is 5.75 Å². The Labute approximate surface area is 102 Å². The second kappa shape index (κ2) is 3.66. The molecule has 0 spiro atoms. The summed E-state index contributed by atoms with van der Waals surface area (Å²) in [5.74, 6) is 0.109. The molecule has 18 heavy (non-hydrogen) atoms. The van der Waals surface area contributed by atoms with Crippen LogP contribution in [0.3, 0.4) is 0 Å². The Hall–Kier alpha value is -2.69. The maximum absolute atomic E-state index is 11.9. The zero-order valence-electron chi connectivity index (χ0n) is 9.42. The summed E-state index contributed by atoms with van der Waals surface area (Å²) in [5.41, 5.74) is 8.03. The van der Waals surface area contributed by atoms with Crippen molar-refractivity contribution in [3.63, 3.8) is 0 Å². The molecular formula is C13H11N3O2. The van der Waals surface area contributed by atoms with Crippen molar-refractivity contribution in [2.45, 2.75) is 0 Å². The Morgan fingerprint density at radius 1 is 1.17 bits per heavy atom. The monoisotopic (exact) mass is 241 g/mol. The van der Waals surface area contributed by atoms with E-state index in [-0.39, 0.29) is 11.4 Å². The van der Waals surface area contributed by atoms with Crippen molar-refractivity contribution < 1.29 is 5.11 Å². The van der Waals surface area contributed by atoms with Gasteiger partial charge in [-0.05, 0) is 30.3 Å². The zero-order chi connectivity index (χ0) is 12.7.